The first kappa shape index (κ1) is 16.6. The van der Waals surface area contributed by atoms with Crippen molar-refractivity contribution in [1.82, 2.24) is 0 Å². The summed E-state index contributed by atoms with van der Waals surface area (Å²) in [5.74, 6) is 1.84. The topological polar surface area (TPSA) is 18.5 Å². The maximum atomic E-state index is 6.51. The molecule has 0 amide bonds. The quantitative estimate of drug-likeness (QED) is 0.512. The largest absolute Gasteiger partial charge is 0.464 e. The molecule has 0 unspecified atom stereocenters. The van der Waals surface area contributed by atoms with Crippen LogP contribution in [-0.4, -0.2) is 19.3 Å². The minimum Gasteiger partial charge on any atom is -0.405 e. The van der Waals surface area contributed by atoms with Gasteiger partial charge in [-0.05, 0) is 44.4 Å². The Morgan fingerprint density at radius 2 is 1.27 bits per heavy atom. The molecule has 0 aromatic rings. The second-order valence-corrected chi connectivity index (χ2v) is 7.75. The van der Waals surface area contributed by atoms with Crippen LogP contribution in [0, 0.1) is 11.8 Å². The molecule has 3 rings (SSSR count). The summed E-state index contributed by atoms with van der Waals surface area (Å²) in [6.45, 7) is 4.31. The van der Waals surface area contributed by atoms with E-state index in [1.807, 2.05) is 0 Å². The first-order valence-electron chi connectivity index (χ1n) is 9.73. The zero-order chi connectivity index (χ0) is 15.4. The van der Waals surface area contributed by atoms with Crippen molar-refractivity contribution in [2.24, 2.45) is 11.8 Å². The van der Waals surface area contributed by atoms with Crippen molar-refractivity contribution in [3.63, 3.8) is 0 Å². The second-order valence-electron chi connectivity index (χ2n) is 7.75. The van der Waals surface area contributed by atoms with E-state index in [0.717, 1.165) is 11.8 Å². The molecule has 3 heteroatoms. The third kappa shape index (κ3) is 3.79. The van der Waals surface area contributed by atoms with E-state index in [-0.39, 0.29) is 7.12 Å². The Bertz CT molecular complexity index is 332. The van der Waals surface area contributed by atoms with E-state index in [9.17, 15) is 0 Å². The van der Waals surface area contributed by atoms with Crippen LogP contribution in [0.2, 0.25) is 5.82 Å². The van der Waals surface area contributed by atoms with E-state index in [4.69, 9.17) is 9.31 Å². The Hall–Kier alpha value is -0.275. The fourth-order valence-electron chi connectivity index (χ4n) is 4.82. The fraction of sp³-hybridized carbons (Fsp3) is 0.895. The average molecular weight is 304 g/mol. The molecule has 3 fully saturated rings. The van der Waals surface area contributed by atoms with Gasteiger partial charge in [-0.15, -0.1) is 0 Å². The van der Waals surface area contributed by atoms with Crippen molar-refractivity contribution in [1.29, 1.82) is 0 Å². The summed E-state index contributed by atoms with van der Waals surface area (Å²) in [6, 6.07) is 0. The number of hydrogen-bond donors (Lipinski definition) is 0. The molecule has 0 spiro atoms. The van der Waals surface area contributed by atoms with Gasteiger partial charge < -0.3 is 9.31 Å². The lowest BCUT2D eigenvalue weighted by Crippen LogP contribution is -2.38. The van der Waals surface area contributed by atoms with Crippen LogP contribution in [-0.2, 0) is 9.31 Å². The lowest BCUT2D eigenvalue weighted by atomic mass is 9.73. The van der Waals surface area contributed by atoms with Gasteiger partial charge >= 0.3 is 7.12 Å². The van der Waals surface area contributed by atoms with E-state index in [0.29, 0.717) is 18.0 Å². The first-order valence-corrected chi connectivity index (χ1v) is 9.73. The van der Waals surface area contributed by atoms with Crippen LogP contribution in [0.5, 0.6) is 0 Å². The molecule has 1 aliphatic heterocycles. The molecule has 2 aliphatic carbocycles. The van der Waals surface area contributed by atoms with Gasteiger partial charge in [-0.2, -0.15) is 0 Å². The molecule has 1 saturated heterocycles. The molecule has 0 aromatic heterocycles. The Morgan fingerprint density at radius 1 is 0.818 bits per heavy atom. The summed E-state index contributed by atoms with van der Waals surface area (Å²) < 4.78 is 13.0. The van der Waals surface area contributed by atoms with Crippen LogP contribution in [0.1, 0.15) is 78.1 Å². The summed E-state index contributed by atoms with van der Waals surface area (Å²) in [5.41, 5.74) is 0. The lowest BCUT2D eigenvalue weighted by molar-refractivity contribution is 0.0324. The Balaban J connectivity index is 1.70. The highest BCUT2D eigenvalue weighted by atomic mass is 16.7. The van der Waals surface area contributed by atoms with Gasteiger partial charge in [0, 0.05) is 5.82 Å². The van der Waals surface area contributed by atoms with Crippen molar-refractivity contribution in [2.75, 3.05) is 0 Å². The van der Waals surface area contributed by atoms with E-state index in [1.165, 1.54) is 64.2 Å². The van der Waals surface area contributed by atoms with Crippen LogP contribution in [0.3, 0.4) is 0 Å². The molecule has 2 nitrogen and oxygen atoms in total. The summed E-state index contributed by atoms with van der Waals surface area (Å²) in [6.07, 6.45) is 18.8. The van der Waals surface area contributed by atoms with Gasteiger partial charge in [0.25, 0.3) is 0 Å². The van der Waals surface area contributed by atoms with Crippen molar-refractivity contribution < 1.29 is 9.31 Å². The highest BCUT2D eigenvalue weighted by Gasteiger charge is 2.48. The Labute approximate surface area is 137 Å². The molecule has 22 heavy (non-hydrogen) atoms. The molecular formula is C19H33BO2. The third-order valence-corrected chi connectivity index (χ3v) is 6.06. The van der Waals surface area contributed by atoms with Gasteiger partial charge in [-0.1, -0.05) is 57.6 Å². The molecule has 0 N–H and O–H groups in total. The number of hydrogen-bond acceptors (Lipinski definition) is 2. The SMILES string of the molecule is C/C=C\[C@H](C)B1O[C@@H](C2CCCCC2)[C@H](C2CCCCC2)O1. The van der Waals surface area contributed by atoms with Gasteiger partial charge in [-0.25, -0.2) is 0 Å². The van der Waals surface area contributed by atoms with Gasteiger partial charge in [0.05, 0.1) is 12.2 Å². The maximum absolute atomic E-state index is 6.51. The van der Waals surface area contributed by atoms with Crippen LogP contribution in [0.4, 0.5) is 0 Å². The lowest BCUT2D eigenvalue weighted by Gasteiger charge is -2.35. The summed E-state index contributed by atoms with van der Waals surface area (Å²) in [7, 11) is -0.0185. The minimum absolute atomic E-state index is 0.0185. The monoisotopic (exact) mass is 304 g/mol. The average Bonchev–Trinajstić information content (AvgIpc) is 3.02. The maximum Gasteiger partial charge on any atom is 0.464 e. The van der Waals surface area contributed by atoms with Crippen molar-refractivity contribution in [2.45, 2.75) is 96.1 Å². The van der Waals surface area contributed by atoms with Gasteiger partial charge in [0.1, 0.15) is 0 Å². The van der Waals surface area contributed by atoms with Crippen molar-refractivity contribution in [3.05, 3.63) is 12.2 Å². The number of allylic oxidation sites excluding steroid dienone is 2. The molecule has 124 valence electrons. The standard InChI is InChI=1S/C19H33BO2/c1-3-10-15(2)20-21-18(16-11-6-4-7-12-16)19(22-20)17-13-8-5-9-14-17/h3,10,15-19H,4-9,11-14H2,1-2H3/b10-3-/t15-,18-,19-/m0/s1. The third-order valence-electron chi connectivity index (χ3n) is 6.06. The highest BCUT2D eigenvalue weighted by Crippen LogP contribution is 2.42. The summed E-state index contributed by atoms with van der Waals surface area (Å²) >= 11 is 0. The molecule has 3 atom stereocenters. The number of rotatable bonds is 4. The van der Waals surface area contributed by atoms with E-state index in [2.05, 4.69) is 26.0 Å². The molecule has 0 radical (unpaired) electrons. The molecule has 3 aliphatic rings. The van der Waals surface area contributed by atoms with Crippen LogP contribution in [0.15, 0.2) is 12.2 Å². The molecule has 2 saturated carbocycles. The predicted molar refractivity (Wildman–Crippen MR) is 92.9 cm³/mol. The smallest absolute Gasteiger partial charge is 0.405 e. The molecule has 1 heterocycles. The van der Waals surface area contributed by atoms with E-state index >= 15 is 0 Å². The minimum atomic E-state index is -0.0185. The predicted octanol–water partition coefficient (Wildman–Crippen LogP) is 5.39. The van der Waals surface area contributed by atoms with E-state index in [1.54, 1.807) is 0 Å². The molecular weight excluding hydrogens is 271 g/mol. The van der Waals surface area contributed by atoms with Crippen LogP contribution in [0.25, 0.3) is 0 Å². The van der Waals surface area contributed by atoms with E-state index < -0.39 is 0 Å². The van der Waals surface area contributed by atoms with Crippen LogP contribution >= 0.6 is 0 Å². The van der Waals surface area contributed by atoms with Crippen molar-refractivity contribution >= 4 is 7.12 Å². The van der Waals surface area contributed by atoms with Gasteiger partial charge in [0.15, 0.2) is 0 Å². The van der Waals surface area contributed by atoms with Gasteiger partial charge in [0.2, 0.25) is 0 Å². The molecule has 0 bridgehead atoms. The summed E-state index contributed by atoms with van der Waals surface area (Å²) in [4.78, 5) is 0. The first-order chi connectivity index (χ1) is 10.8. The Kier molecular flexibility index (Phi) is 6.04. The zero-order valence-corrected chi connectivity index (χ0v) is 14.5. The highest BCUT2D eigenvalue weighted by molar-refractivity contribution is 6.47. The normalized spacial score (nSPS) is 33.6. The van der Waals surface area contributed by atoms with Gasteiger partial charge in [-0.3, -0.25) is 0 Å². The van der Waals surface area contributed by atoms with Crippen LogP contribution < -0.4 is 0 Å². The Morgan fingerprint density at radius 3 is 1.68 bits per heavy atom. The van der Waals surface area contributed by atoms with Crippen molar-refractivity contribution in [3.8, 4) is 0 Å². The molecule has 0 aromatic carbocycles. The second kappa shape index (κ2) is 8.01. The zero-order valence-electron chi connectivity index (χ0n) is 14.5. The summed E-state index contributed by atoms with van der Waals surface area (Å²) in [5, 5.41) is 0. The fourth-order valence-corrected chi connectivity index (χ4v) is 4.82.